The van der Waals surface area contributed by atoms with E-state index < -0.39 is 11.7 Å². The van der Waals surface area contributed by atoms with E-state index in [0.29, 0.717) is 5.56 Å². The average molecular weight is 258 g/mol. The summed E-state index contributed by atoms with van der Waals surface area (Å²) >= 11 is 5.80. The molecule has 0 N–H and O–H groups in total. The minimum absolute atomic E-state index is 0.0594. The molecule has 0 aliphatic carbocycles. The first kappa shape index (κ1) is 11.9. The van der Waals surface area contributed by atoms with E-state index >= 15 is 0 Å². The second-order valence-electron chi connectivity index (χ2n) is 3.43. The van der Waals surface area contributed by atoms with Gasteiger partial charge in [0.05, 0.1) is 5.56 Å². The Kier molecular flexibility index (Phi) is 3.07. The molecule has 0 fully saturated rings. The lowest BCUT2D eigenvalue weighted by Crippen LogP contribution is -2.05. The molecular weight excluding hydrogens is 251 g/mol. The van der Waals surface area contributed by atoms with Gasteiger partial charge in [0.2, 0.25) is 0 Å². The van der Waals surface area contributed by atoms with Crippen molar-refractivity contribution < 1.29 is 13.2 Å². The van der Waals surface area contributed by atoms with Gasteiger partial charge in [-0.25, -0.2) is 4.98 Å². The summed E-state index contributed by atoms with van der Waals surface area (Å²) in [5.41, 5.74) is 0.0824. The first-order valence-electron chi connectivity index (χ1n) is 4.76. The highest BCUT2D eigenvalue weighted by atomic mass is 35.5. The van der Waals surface area contributed by atoms with Crippen LogP contribution in [0.3, 0.4) is 0 Å². The Labute approximate surface area is 101 Å². The molecule has 0 radical (unpaired) electrons. The van der Waals surface area contributed by atoms with Gasteiger partial charge in [0.15, 0.2) is 0 Å². The van der Waals surface area contributed by atoms with Crippen molar-refractivity contribution in [1.82, 2.24) is 4.98 Å². The number of pyridine rings is 1. The average Bonchev–Trinajstić information content (AvgIpc) is 2.29. The number of halogens is 4. The molecule has 1 heterocycles. The van der Waals surface area contributed by atoms with Gasteiger partial charge in [-0.2, -0.15) is 13.2 Å². The van der Waals surface area contributed by atoms with E-state index in [2.05, 4.69) is 4.98 Å². The number of benzene rings is 1. The summed E-state index contributed by atoms with van der Waals surface area (Å²) in [6.07, 6.45) is -3.68. The van der Waals surface area contributed by atoms with Crippen LogP contribution in [0.1, 0.15) is 5.56 Å². The van der Waals surface area contributed by atoms with Gasteiger partial charge in [-0.1, -0.05) is 41.9 Å². The molecule has 1 nitrogen and oxygen atoms in total. The van der Waals surface area contributed by atoms with Gasteiger partial charge in [-0.3, -0.25) is 0 Å². The lowest BCUT2D eigenvalue weighted by Gasteiger charge is -2.09. The number of nitrogens with zero attached hydrogens (tertiary/aromatic N) is 1. The maximum absolute atomic E-state index is 12.5. The van der Waals surface area contributed by atoms with E-state index in [0.717, 1.165) is 12.3 Å². The number of aromatic nitrogens is 1. The molecule has 17 heavy (non-hydrogen) atoms. The molecule has 88 valence electrons. The van der Waals surface area contributed by atoms with Crippen LogP contribution in [-0.2, 0) is 6.18 Å². The van der Waals surface area contributed by atoms with E-state index in [4.69, 9.17) is 11.6 Å². The monoisotopic (exact) mass is 257 g/mol. The first-order valence-corrected chi connectivity index (χ1v) is 5.14. The molecule has 2 rings (SSSR count). The lowest BCUT2D eigenvalue weighted by atomic mass is 10.1. The summed E-state index contributed by atoms with van der Waals surface area (Å²) in [5.74, 6) is 0. The highest BCUT2D eigenvalue weighted by Crippen LogP contribution is 2.34. The van der Waals surface area contributed by atoms with Crippen molar-refractivity contribution in [2.24, 2.45) is 0 Å². The maximum atomic E-state index is 12.5. The molecule has 0 saturated carbocycles. The molecular formula is C12H7ClF3N. The van der Waals surface area contributed by atoms with Gasteiger partial charge in [-0.05, 0) is 11.6 Å². The fourth-order valence-electron chi connectivity index (χ4n) is 1.42. The maximum Gasteiger partial charge on any atom is 0.417 e. The van der Waals surface area contributed by atoms with Crippen LogP contribution in [0.25, 0.3) is 11.1 Å². The van der Waals surface area contributed by atoms with Crippen molar-refractivity contribution in [3.63, 3.8) is 0 Å². The summed E-state index contributed by atoms with van der Waals surface area (Å²) in [6, 6.07) is 9.60. The molecule has 0 amide bonds. The number of alkyl halides is 3. The first-order chi connectivity index (χ1) is 7.98. The normalized spacial score (nSPS) is 11.5. The van der Waals surface area contributed by atoms with Gasteiger partial charge >= 0.3 is 6.18 Å². The van der Waals surface area contributed by atoms with Crippen LogP contribution in [0, 0.1) is 0 Å². The van der Waals surface area contributed by atoms with E-state index in [9.17, 15) is 13.2 Å². The molecule has 0 unspecified atom stereocenters. The Morgan fingerprint density at radius 2 is 1.71 bits per heavy atom. The second kappa shape index (κ2) is 4.37. The summed E-state index contributed by atoms with van der Waals surface area (Å²) in [7, 11) is 0. The highest BCUT2D eigenvalue weighted by Gasteiger charge is 2.31. The molecule has 1 aromatic carbocycles. The van der Waals surface area contributed by atoms with Crippen LogP contribution in [0.4, 0.5) is 13.2 Å². The van der Waals surface area contributed by atoms with Crippen LogP contribution < -0.4 is 0 Å². The van der Waals surface area contributed by atoms with Crippen molar-refractivity contribution >= 4 is 11.6 Å². The van der Waals surface area contributed by atoms with Gasteiger partial charge in [0, 0.05) is 11.8 Å². The van der Waals surface area contributed by atoms with Crippen molar-refractivity contribution in [3.8, 4) is 11.1 Å². The molecule has 1 aromatic heterocycles. The topological polar surface area (TPSA) is 12.9 Å². The largest absolute Gasteiger partial charge is 0.417 e. The van der Waals surface area contributed by atoms with Crippen LogP contribution in [0.2, 0.25) is 5.15 Å². The summed E-state index contributed by atoms with van der Waals surface area (Å²) in [6.45, 7) is 0. The Hall–Kier alpha value is -1.55. The van der Waals surface area contributed by atoms with Crippen molar-refractivity contribution in [2.45, 2.75) is 6.18 Å². The van der Waals surface area contributed by atoms with Crippen LogP contribution in [0.15, 0.2) is 42.6 Å². The number of hydrogen-bond acceptors (Lipinski definition) is 1. The molecule has 0 atom stereocenters. The Balaban J connectivity index is 2.55. The molecule has 2 aromatic rings. The van der Waals surface area contributed by atoms with Crippen LogP contribution in [0.5, 0.6) is 0 Å². The third kappa shape index (κ3) is 2.58. The minimum atomic E-state index is -4.42. The molecule has 5 heteroatoms. The minimum Gasteiger partial charge on any atom is -0.243 e. The van der Waals surface area contributed by atoms with Crippen molar-refractivity contribution in [3.05, 3.63) is 53.3 Å². The standard InChI is InChI=1S/C12H7ClF3N/c13-11-10(8-4-2-1-3-5-8)6-9(7-17-11)12(14,15)16/h1-7H. The molecule has 0 spiro atoms. The Morgan fingerprint density at radius 1 is 1.06 bits per heavy atom. The van der Waals surface area contributed by atoms with Gasteiger partial charge in [0.1, 0.15) is 5.15 Å². The molecule has 0 saturated heterocycles. The Morgan fingerprint density at radius 3 is 2.29 bits per heavy atom. The van der Waals surface area contributed by atoms with E-state index in [1.807, 2.05) is 0 Å². The fraction of sp³-hybridized carbons (Fsp3) is 0.0833. The highest BCUT2D eigenvalue weighted by molar-refractivity contribution is 6.32. The number of hydrogen-bond donors (Lipinski definition) is 0. The van der Waals surface area contributed by atoms with Gasteiger partial charge in [0.25, 0.3) is 0 Å². The molecule has 0 aliphatic heterocycles. The summed E-state index contributed by atoms with van der Waals surface area (Å²) < 4.78 is 37.6. The quantitative estimate of drug-likeness (QED) is 0.689. The van der Waals surface area contributed by atoms with Crippen molar-refractivity contribution in [2.75, 3.05) is 0 Å². The van der Waals surface area contributed by atoms with E-state index in [1.165, 1.54) is 0 Å². The molecule has 0 bridgehead atoms. The van der Waals surface area contributed by atoms with Crippen molar-refractivity contribution in [1.29, 1.82) is 0 Å². The third-order valence-electron chi connectivity index (χ3n) is 2.25. The fourth-order valence-corrected chi connectivity index (χ4v) is 1.64. The van der Waals surface area contributed by atoms with Crippen LogP contribution >= 0.6 is 11.6 Å². The van der Waals surface area contributed by atoms with E-state index in [1.54, 1.807) is 30.3 Å². The van der Waals surface area contributed by atoms with Gasteiger partial charge in [-0.15, -0.1) is 0 Å². The smallest absolute Gasteiger partial charge is 0.243 e. The Bertz CT molecular complexity index is 523. The summed E-state index contributed by atoms with van der Waals surface area (Å²) in [4.78, 5) is 3.57. The predicted octanol–water partition coefficient (Wildman–Crippen LogP) is 4.42. The SMILES string of the molecule is FC(F)(F)c1cnc(Cl)c(-c2ccccc2)c1. The number of rotatable bonds is 1. The zero-order chi connectivity index (χ0) is 12.5. The zero-order valence-corrected chi connectivity index (χ0v) is 9.26. The summed E-state index contributed by atoms with van der Waals surface area (Å²) in [5, 5.41) is 0.0594. The third-order valence-corrected chi connectivity index (χ3v) is 2.55. The van der Waals surface area contributed by atoms with Crippen LogP contribution in [-0.4, -0.2) is 4.98 Å². The predicted molar refractivity (Wildman–Crippen MR) is 59.7 cm³/mol. The lowest BCUT2D eigenvalue weighted by molar-refractivity contribution is -0.137. The molecule has 0 aliphatic rings. The zero-order valence-electron chi connectivity index (χ0n) is 8.50. The van der Waals surface area contributed by atoms with Gasteiger partial charge < -0.3 is 0 Å². The second-order valence-corrected chi connectivity index (χ2v) is 3.78. The van der Waals surface area contributed by atoms with E-state index in [-0.39, 0.29) is 10.7 Å².